The SMILES string of the molecule is [B]OP(C=C)O[B]. The second-order valence-electron chi connectivity index (χ2n) is 0.679. The van der Waals surface area contributed by atoms with Gasteiger partial charge in [0.1, 0.15) is 0 Å². The Morgan fingerprint density at radius 2 is 1.86 bits per heavy atom. The van der Waals surface area contributed by atoms with Crippen LogP contribution >= 0.6 is 8.38 Å². The zero-order valence-electron chi connectivity index (χ0n) is 3.70. The van der Waals surface area contributed by atoms with Crippen molar-refractivity contribution >= 4 is 24.5 Å². The molecule has 0 unspecified atom stereocenters. The lowest BCUT2D eigenvalue weighted by molar-refractivity contribution is 0.560. The Bertz CT molecular complexity index is 55.7. The van der Waals surface area contributed by atoms with Gasteiger partial charge in [-0.05, 0) is 5.82 Å². The van der Waals surface area contributed by atoms with Crippen molar-refractivity contribution in [2.75, 3.05) is 0 Å². The van der Waals surface area contributed by atoms with Crippen molar-refractivity contribution in [1.82, 2.24) is 0 Å². The van der Waals surface area contributed by atoms with Crippen LogP contribution in [0.5, 0.6) is 0 Å². The highest BCUT2D eigenvalue weighted by Gasteiger charge is 1.92. The normalized spacial score (nSPS) is 9.29. The molecule has 0 rings (SSSR count). The van der Waals surface area contributed by atoms with E-state index in [1.54, 1.807) is 0 Å². The van der Waals surface area contributed by atoms with Gasteiger partial charge in [-0.1, -0.05) is 6.58 Å². The van der Waals surface area contributed by atoms with Crippen LogP contribution in [0.2, 0.25) is 0 Å². The lowest BCUT2D eigenvalue weighted by atomic mass is 10.6. The molecule has 0 atom stereocenters. The molecule has 0 bridgehead atoms. The molecule has 0 aromatic heterocycles. The molecule has 0 aromatic carbocycles. The molecule has 2 nitrogen and oxygen atoms in total. The van der Waals surface area contributed by atoms with Crippen LogP contribution in [0, 0.1) is 0 Å². The first kappa shape index (κ1) is 7.22. The standard InChI is InChI=1S/C2H3B2O2P/c1-2-7(5-3)6-4/h2H,1H2. The molecular weight excluding hydrogens is 109 g/mol. The first-order valence-corrected chi connectivity index (χ1v) is 2.75. The van der Waals surface area contributed by atoms with Gasteiger partial charge in [-0.25, -0.2) is 0 Å². The van der Waals surface area contributed by atoms with Gasteiger partial charge in [0.05, 0.1) is 0 Å². The van der Waals surface area contributed by atoms with E-state index in [1.807, 2.05) is 0 Å². The zero-order chi connectivity index (χ0) is 5.70. The summed E-state index contributed by atoms with van der Waals surface area (Å²) in [6.45, 7) is 3.32. The Hall–Kier alpha value is 0.220. The van der Waals surface area contributed by atoms with Crippen molar-refractivity contribution in [1.29, 1.82) is 0 Å². The predicted molar refractivity (Wildman–Crippen MR) is 30.8 cm³/mol. The predicted octanol–water partition coefficient (Wildman–Crippen LogP) is 0.642. The summed E-state index contributed by atoms with van der Waals surface area (Å²) in [5.74, 6) is 1.40. The molecule has 0 amide bonds. The molecule has 7 heavy (non-hydrogen) atoms. The fourth-order valence-corrected chi connectivity index (χ4v) is 0.333. The Kier molecular flexibility index (Phi) is 4.52. The maximum Gasteiger partial charge on any atom is 0.292 e. The molecule has 0 aliphatic rings. The van der Waals surface area contributed by atoms with Gasteiger partial charge in [0.15, 0.2) is 8.38 Å². The molecule has 0 aliphatic carbocycles. The molecule has 0 aromatic rings. The monoisotopic (exact) mass is 112 g/mol. The smallest absolute Gasteiger partial charge is 0.292 e. The summed E-state index contributed by atoms with van der Waals surface area (Å²) in [6, 6.07) is 0. The molecule has 0 heterocycles. The minimum absolute atomic E-state index is 1.23. The molecule has 5 heteroatoms. The minimum atomic E-state index is -1.23. The Labute approximate surface area is 46.7 Å². The summed E-state index contributed by atoms with van der Waals surface area (Å²) in [5, 5.41) is 0. The summed E-state index contributed by atoms with van der Waals surface area (Å²) in [4.78, 5) is 0. The molecule has 34 valence electrons. The Morgan fingerprint density at radius 1 is 1.43 bits per heavy atom. The van der Waals surface area contributed by atoms with E-state index in [4.69, 9.17) is 0 Å². The van der Waals surface area contributed by atoms with E-state index in [1.165, 1.54) is 5.82 Å². The van der Waals surface area contributed by atoms with Crippen LogP contribution in [0.3, 0.4) is 0 Å². The summed E-state index contributed by atoms with van der Waals surface area (Å²) in [6.07, 6.45) is 0. The molecule has 0 saturated carbocycles. The van der Waals surface area contributed by atoms with Gasteiger partial charge in [-0.3, -0.25) is 0 Å². The molecule has 0 saturated heterocycles. The second kappa shape index (κ2) is 4.38. The molecule has 4 radical (unpaired) electrons. The van der Waals surface area contributed by atoms with E-state index >= 15 is 0 Å². The van der Waals surface area contributed by atoms with Crippen molar-refractivity contribution in [3.63, 3.8) is 0 Å². The molecule has 0 spiro atoms. The third kappa shape index (κ3) is 2.86. The van der Waals surface area contributed by atoms with E-state index in [0.29, 0.717) is 0 Å². The highest BCUT2D eigenvalue weighted by atomic mass is 31.2. The Morgan fingerprint density at radius 3 is 1.86 bits per heavy atom. The lowest BCUT2D eigenvalue weighted by Gasteiger charge is -2.05. The first-order chi connectivity index (χ1) is 3.35. The highest BCUT2D eigenvalue weighted by Crippen LogP contribution is 2.35. The van der Waals surface area contributed by atoms with Gasteiger partial charge >= 0.3 is 0 Å². The zero-order valence-corrected chi connectivity index (χ0v) is 4.60. The number of rotatable bonds is 3. The Balaban J connectivity index is 3.16. The van der Waals surface area contributed by atoms with Gasteiger partial charge in [-0.2, -0.15) is 0 Å². The van der Waals surface area contributed by atoms with Gasteiger partial charge in [0.2, 0.25) is 0 Å². The van der Waals surface area contributed by atoms with Crippen LogP contribution in [-0.2, 0) is 8.88 Å². The van der Waals surface area contributed by atoms with E-state index in [0.717, 1.165) is 0 Å². The fraction of sp³-hybridized carbons (Fsp3) is 0. The fourth-order valence-electron chi connectivity index (χ4n) is 0.111. The topological polar surface area (TPSA) is 18.5 Å². The van der Waals surface area contributed by atoms with E-state index < -0.39 is 8.38 Å². The van der Waals surface area contributed by atoms with Gasteiger partial charge in [0.25, 0.3) is 16.1 Å². The van der Waals surface area contributed by atoms with E-state index in [9.17, 15) is 0 Å². The van der Waals surface area contributed by atoms with E-state index in [2.05, 4.69) is 31.6 Å². The van der Waals surface area contributed by atoms with Crippen LogP contribution in [0.15, 0.2) is 12.4 Å². The van der Waals surface area contributed by atoms with Crippen LogP contribution in [0.1, 0.15) is 0 Å². The summed E-state index contributed by atoms with van der Waals surface area (Å²) >= 11 is 0. The van der Waals surface area contributed by atoms with Gasteiger partial charge < -0.3 is 8.88 Å². The number of hydrogen-bond acceptors (Lipinski definition) is 2. The van der Waals surface area contributed by atoms with Crippen molar-refractivity contribution in [2.24, 2.45) is 0 Å². The van der Waals surface area contributed by atoms with Crippen molar-refractivity contribution < 1.29 is 8.88 Å². The molecule has 0 N–H and O–H groups in total. The van der Waals surface area contributed by atoms with Crippen molar-refractivity contribution in [2.45, 2.75) is 0 Å². The van der Waals surface area contributed by atoms with Crippen molar-refractivity contribution in [3.8, 4) is 0 Å². The van der Waals surface area contributed by atoms with Crippen LogP contribution in [0.25, 0.3) is 0 Å². The maximum atomic E-state index is 4.65. The second-order valence-corrected chi connectivity index (χ2v) is 2.04. The van der Waals surface area contributed by atoms with Crippen LogP contribution < -0.4 is 0 Å². The van der Waals surface area contributed by atoms with Gasteiger partial charge in [-0.15, -0.1) is 0 Å². The summed E-state index contributed by atoms with van der Waals surface area (Å²) in [5.41, 5.74) is 0. The third-order valence-corrected chi connectivity index (χ3v) is 1.07. The quantitative estimate of drug-likeness (QED) is 0.393. The largest absolute Gasteiger partial charge is 0.406 e. The minimum Gasteiger partial charge on any atom is -0.406 e. The maximum absolute atomic E-state index is 4.65. The number of hydrogen-bond donors (Lipinski definition) is 0. The van der Waals surface area contributed by atoms with E-state index in [-0.39, 0.29) is 0 Å². The third-order valence-electron chi connectivity index (χ3n) is 0.357. The van der Waals surface area contributed by atoms with Crippen LogP contribution in [-0.4, -0.2) is 16.1 Å². The summed E-state index contributed by atoms with van der Waals surface area (Å²) < 4.78 is 8.30. The average Bonchev–Trinajstić information content (AvgIpc) is 1.72. The average molecular weight is 112 g/mol. The highest BCUT2D eigenvalue weighted by molar-refractivity contribution is 7.52. The molecular formula is C2H3B2O2P. The molecule has 0 fully saturated rings. The summed E-state index contributed by atoms with van der Waals surface area (Å²) in [7, 11) is 8.06. The van der Waals surface area contributed by atoms with Gasteiger partial charge in [0, 0.05) is 0 Å². The van der Waals surface area contributed by atoms with Crippen molar-refractivity contribution in [3.05, 3.63) is 12.4 Å². The first-order valence-electron chi connectivity index (χ1n) is 1.50. The van der Waals surface area contributed by atoms with Crippen LogP contribution in [0.4, 0.5) is 0 Å². The lowest BCUT2D eigenvalue weighted by Crippen LogP contribution is -1.77. The molecule has 0 aliphatic heterocycles.